The quantitative estimate of drug-likeness (QED) is 0.249. The highest BCUT2D eigenvalue weighted by Gasteiger charge is 2.38. The number of rotatable bonds is 6. The number of halogens is 5. The van der Waals surface area contributed by atoms with Crippen LogP contribution in [-0.4, -0.2) is 44.9 Å². The smallest absolute Gasteiger partial charge is 0.406 e. The Morgan fingerprint density at radius 2 is 1.63 bits per heavy atom. The third kappa shape index (κ3) is 6.07. The minimum Gasteiger partial charge on any atom is -0.406 e. The van der Waals surface area contributed by atoms with Crippen molar-refractivity contribution in [1.82, 2.24) is 14.5 Å². The van der Waals surface area contributed by atoms with Crippen LogP contribution in [0.5, 0.6) is 5.75 Å². The number of piperidine rings is 1. The summed E-state index contributed by atoms with van der Waals surface area (Å²) < 4.78 is 43.4. The van der Waals surface area contributed by atoms with Crippen molar-refractivity contribution in [2.75, 3.05) is 13.1 Å². The van der Waals surface area contributed by atoms with Gasteiger partial charge in [-0.3, -0.25) is 9.36 Å². The lowest BCUT2D eigenvalue weighted by atomic mass is 9.84. The van der Waals surface area contributed by atoms with Crippen LogP contribution in [0.2, 0.25) is 10.0 Å². The Kier molecular flexibility index (Phi) is 8.05. The molecular formula is C30H26Cl2F3N3O3. The highest BCUT2D eigenvalue weighted by molar-refractivity contribution is 6.33. The minimum absolute atomic E-state index is 0.203. The third-order valence-corrected chi connectivity index (χ3v) is 7.79. The third-order valence-electron chi connectivity index (χ3n) is 7.21. The molecule has 4 aromatic rings. The van der Waals surface area contributed by atoms with Gasteiger partial charge in [0.15, 0.2) is 5.69 Å². The molecule has 214 valence electrons. The fraction of sp³-hybridized carbons (Fsp3) is 0.267. The molecule has 0 spiro atoms. The zero-order valence-corrected chi connectivity index (χ0v) is 23.5. The van der Waals surface area contributed by atoms with E-state index < -0.39 is 12.0 Å². The maximum atomic E-state index is 13.9. The monoisotopic (exact) mass is 603 g/mol. The van der Waals surface area contributed by atoms with Crippen LogP contribution in [-0.2, 0) is 12.0 Å². The Morgan fingerprint density at radius 3 is 2.22 bits per heavy atom. The molecule has 1 amide bonds. The number of amides is 1. The van der Waals surface area contributed by atoms with E-state index in [1.54, 1.807) is 23.1 Å². The summed E-state index contributed by atoms with van der Waals surface area (Å²) in [7, 11) is 0. The number of carbonyl (C=O) groups excluding carboxylic acids is 1. The molecule has 6 nitrogen and oxygen atoms in total. The number of likely N-dealkylation sites (tertiary alicyclic amines) is 1. The zero-order chi connectivity index (χ0) is 29.4. The Morgan fingerprint density at radius 1 is 1.00 bits per heavy atom. The van der Waals surface area contributed by atoms with Crippen molar-refractivity contribution in [1.29, 1.82) is 0 Å². The summed E-state index contributed by atoms with van der Waals surface area (Å²) in [4.78, 5) is 20.3. The number of alkyl halides is 3. The molecule has 0 radical (unpaired) electrons. The maximum absolute atomic E-state index is 13.9. The summed E-state index contributed by atoms with van der Waals surface area (Å²) in [6, 6.07) is 19.7. The number of hydrogen-bond donors (Lipinski definition) is 1. The maximum Gasteiger partial charge on any atom is 0.573 e. The second kappa shape index (κ2) is 11.4. The highest BCUT2D eigenvalue weighted by Crippen LogP contribution is 2.36. The van der Waals surface area contributed by atoms with Gasteiger partial charge in [0.1, 0.15) is 11.6 Å². The predicted molar refractivity (Wildman–Crippen MR) is 151 cm³/mol. The van der Waals surface area contributed by atoms with Gasteiger partial charge in [0.05, 0.1) is 16.3 Å². The first kappa shape index (κ1) is 29.0. The first-order valence-electron chi connectivity index (χ1n) is 13.0. The molecule has 1 aromatic heterocycles. The summed E-state index contributed by atoms with van der Waals surface area (Å²) in [5, 5.41) is 12.4. The Hall–Kier alpha value is -3.53. The molecule has 1 aliphatic rings. The summed E-state index contributed by atoms with van der Waals surface area (Å²) in [6.07, 6.45) is -3.89. The average Bonchev–Trinajstić information content (AvgIpc) is 3.32. The topological polar surface area (TPSA) is 67.6 Å². The van der Waals surface area contributed by atoms with Crippen LogP contribution in [0.1, 0.15) is 41.5 Å². The fourth-order valence-corrected chi connectivity index (χ4v) is 5.47. The van der Waals surface area contributed by atoms with Gasteiger partial charge in [0.25, 0.3) is 5.91 Å². The summed E-state index contributed by atoms with van der Waals surface area (Å²) in [5.41, 5.74) is 1.60. The van der Waals surface area contributed by atoms with Gasteiger partial charge >= 0.3 is 6.36 Å². The summed E-state index contributed by atoms with van der Waals surface area (Å²) in [6.45, 7) is 2.40. The molecule has 0 aliphatic carbocycles. The SMILES string of the molecule is CCc1c(C(=O)N2CCC(O)(c3ccc(OC(F)(F)F)cc3)CC2)nc(-c2ccccc2Cl)n1-c1ccc(Cl)cc1. The van der Waals surface area contributed by atoms with E-state index in [1.807, 2.05) is 41.8 Å². The number of hydrogen-bond acceptors (Lipinski definition) is 4. The van der Waals surface area contributed by atoms with E-state index in [0.29, 0.717) is 39.1 Å². The molecule has 1 saturated heterocycles. The molecule has 1 fully saturated rings. The van der Waals surface area contributed by atoms with Crippen molar-refractivity contribution >= 4 is 29.1 Å². The van der Waals surface area contributed by atoms with Gasteiger partial charge in [-0.1, -0.05) is 54.4 Å². The number of carbonyl (C=O) groups is 1. The van der Waals surface area contributed by atoms with Crippen LogP contribution in [0.25, 0.3) is 17.1 Å². The molecule has 0 saturated carbocycles. The predicted octanol–water partition coefficient (Wildman–Crippen LogP) is 7.43. The van der Waals surface area contributed by atoms with Gasteiger partial charge in [0.2, 0.25) is 0 Å². The van der Waals surface area contributed by atoms with E-state index in [9.17, 15) is 23.1 Å². The number of aromatic nitrogens is 2. The number of nitrogens with zero attached hydrogens (tertiary/aromatic N) is 3. The molecule has 3 aromatic carbocycles. The standard InChI is InChI=1S/C30H26Cl2F3N3O3/c1-2-25-26(36-27(23-5-3-4-6-24(23)32)38(25)21-11-9-20(31)10-12-21)28(39)37-17-15-29(40,16-18-37)19-7-13-22(14-8-19)41-30(33,34)35/h3-14,40H,2,15-18H2,1H3. The minimum atomic E-state index is -4.80. The van der Waals surface area contributed by atoms with Crippen LogP contribution in [0.15, 0.2) is 72.8 Å². The van der Waals surface area contributed by atoms with Crippen molar-refractivity contribution in [3.8, 4) is 22.8 Å². The number of imidazole rings is 1. The molecule has 0 atom stereocenters. The van der Waals surface area contributed by atoms with E-state index in [1.165, 1.54) is 24.3 Å². The van der Waals surface area contributed by atoms with Gasteiger partial charge in [-0.2, -0.15) is 0 Å². The van der Waals surface area contributed by atoms with E-state index in [2.05, 4.69) is 4.74 Å². The Bertz CT molecular complexity index is 1550. The lowest BCUT2D eigenvalue weighted by Crippen LogP contribution is -2.45. The van der Waals surface area contributed by atoms with Crippen molar-refractivity contribution in [2.24, 2.45) is 0 Å². The molecule has 1 aliphatic heterocycles. The normalized spacial score (nSPS) is 15.1. The number of ether oxygens (including phenoxy) is 1. The van der Waals surface area contributed by atoms with Crippen LogP contribution >= 0.6 is 23.2 Å². The van der Waals surface area contributed by atoms with Gasteiger partial charge < -0.3 is 14.7 Å². The average molecular weight is 604 g/mol. The van der Waals surface area contributed by atoms with E-state index >= 15 is 0 Å². The molecule has 0 unspecified atom stereocenters. The summed E-state index contributed by atoms with van der Waals surface area (Å²) >= 11 is 12.7. The highest BCUT2D eigenvalue weighted by atomic mass is 35.5. The van der Waals surface area contributed by atoms with Gasteiger partial charge in [-0.15, -0.1) is 13.2 Å². The van der Waals surface area contributed by atoms with Crippen molar-refractivity contribution in [3.63, 3.8) is 0 Å². The molecule has 11 heteroatoms. The van der Waals surface area contributed by atoms with Crippen LogP contribution < -0.4 is 4.74 Å². The molecule has 41 heavy (non-hydrogen) atoms. The first-order valence-corrected chi connectivity index (χ1v) is 13.7. The van der Waals surface area contributed by atoms with Crippen LogP contribution in [0.4, 0.5) is 13.2 Å². The van der Waals surface area contributed by atoms with Crippen LogP contribution in [0.3, 0.4) is 0 Å². The van der Waals surface area contributed by atoms with Crippen molar-refractivity contribution < 1.29 is 27.8 Å². The first-order chi connectivity index (χ1) is 19.5. The van der Waals surface area contributed by atoms with E-state index in [-0.39, 0.29) is 43.3 Å². The molecule has 5 rings (SSSR count). The van der Waals surface area contributed by atoms with Crippen molar-refractivity contribution in [2.45, 2.75) is 38.1 Å². The van der Waals surface area contributed by atoms with E-state index in [0.717, 1.165) is 5.69 Å². The molecular weight excluding hydrogens is 578 g/mol. The fourth-order valence-electron chi connectivity index (χ4n) is 5.13. The van der Waals surface area contributed by atoms with Crippen molar-refractivity contribution in [3.05, 3.63) is 99.8 Å². The zero-order valence-electron chi connectivity index (χ0n) is 22.0. The lowest BCUT2D eigenvalue weighted by Gasteiger charge is -2.38. The molecule has 2 heterocycles. The molecule has 0 bridgehead atoms. The lowest BCUT2D eigenvalue weighted by molar-refractivity contribution is -0.274. The van der Waals surface area contributed by atoms with Gasteiger partial charge in [-0.05, 0) is 73.4 Å². The second-order valence-corrected chi connectivity index (χ2v) is 10.6. The van der Waals surface area contributed by atoms with Gasteiger partial charge in [0, 0.05) is 29.4 Å². The largest absolute Gasteiger partial charge is 0.573 e. The Labute approximate surface area is 244 Å². The Balaban J connectivity index is 1.43. The molecule has 1 N–H and O–H groups in total. The summed E-state index contributed by atoms with van der Waals surface area (Å²) in [5.74, 6) is -0.123. The number of benzene rings is 3. The second-order valence-electron chi connectivity index (χ2n) is 9.77. The van der Waals surface area contributed by atoms with Gasteiger partial charge in [-0.25, -0.2) is 4.98 Å². The van der Waals surface area contributed by atoms with Crippen LogP contribution in [0, 0.1) is 0 Å². The number of aliphatic hydroxyl groups is 1. The van der Waals surface area contributed by atoms with E-state index in [4.69, 9.17) is 28.2 Å².